The van der Waals surface area contributed by atoms with Gasteiger partial charge in [0, 0.05) is 13.1 Å². The van der Waals surface area contributed by atoms with Gasteiger partial charge in [-0.25, -0.2) is 0 Å². The summed E-state index contributed by atoms with van der Waals surface area (Å²) in [6.07, 6.45) is 0. The molecule has 0 aliphatic rings. The molecule has 2 rings (SSSR count). The normalized spacial score (nSPS) is 12.7. The van der Waals surface area contributed by atoms with Crippen LogP contribution in [0.3, 0.4) is 0 Å². The zero-order valence-corrected chi connectivity index (χ0v) is 8.47. The van der Waals surface area contributed by atoms with Gasteiger partial charge in [-0.3, -0.25) is 14.6 Å². The molecule has 4 heteroatoms. The van der Waals surface area contributed by atoms with E-state index in [2.05, 4.69) is 5.10 Å². The van der Waals surface area contributed by atoms with E-state index in [1.165, 1.54) is 6.07 Å². The Kier molecular flexibility index (Phi) is 2.43. The molecule has 0 saturated heterocycles. The molecule has 0 amide bonds. The maximum Gasteiger partial charge on any atom is 0.264 e. The zero-order chi connectivity index (χ0) is 10.8. The van der Waals surface area contributed by atoms with E-state index in [1.807, 2.05) is 30.3 Å². The molecule has 1 aromatic heterocycles. The number of H-pyrrole nitrogens is 1. The Morgan fingerprint density at radius 1 is 1.33 bits per heavy atom. The molecule has 1 atom stereocenters. The van der Waals surface area contributed by atoms with Crippen LogP contribution in [0.4, 0.5) is 0 Å². The number of benzene rings is 1. The lowest BCUT2D eigenvalue weighted by atomic mass is 10.1. The quantitative estimate of drug-likeness (QED) is 0.757. The van der Waals surface area contributed by atoms with E-state index in [1.54, 1.807) is 11.7 Å². The molecule has 0 fully saturated rings. The third-order valence-electron chi connectivity index (χ3n) is 2.42. The van der Waals surface area contributed by atoms with E-state index < -0.39 is 0 Å². The SMILES string of the molecule is Cn1[nH]c(=O)cc1C(N)c1ccccc1. The van der Waals surface area contributed by atoms with E-state index in [0.29, 0.717) is 0 Å². The van der Waals surface area contributed by atoms with E-state index in [-0.39, 0.29) is 11.6 Å². The first-order valence-electron chi connectivity index (χ1n) is 4.75. The fraction of sp³-hybridized carbons (Fsp3) is 0.182. The molecule has 0 aliphatic heterocycles. The molecule has 0 bridgehead atoms. The van der Waals surface area contributed by atoms with Gasteiger partial charge in [0.05, 0.1) is 11.7 Å². The van der Waals surface area contributed by atoms with Gasteiger partial charge in [-0.2, -0.15) is 0 Å². The van der Waals surface area contributed by atoms with Crippen molar-refractivity contribution in [2.75, 3.05) is 0 Å². The number of aryl methyl sites for hydroxylation is 1. The Hall–Kier alpha value is -1.81. The van der Waals surface area contributed by atoms with Gasteiger partial charge in [0.2, 0.25) is 0 Å². The number of nitrogens with one attached hydrogen (secondary N) is 1. The monoisotopic (exact) mass is 203 g/mol. The lowest BCUT2D eigenvalue weighted by Crippen LogP contribution is -2.15. The highest BCUT2D eigenvalue weighted by molar-refractivity contribution is 5.26. The lowest BCUT2D eigenvalue weighted by molar-refractivity contribution is 0.669. The van der Waals surface area contributed by atoms with Gasteiger partial charge < -0.3 is 5.73 Å². The Labute approximate surface area is 87.3 Å². The third kappa shape index (κ3) is 1.85. The van der Waals surface area contributed by atoms with Crippen LogP contribution in [0, 0.1) is 0 Å². The molecule has 78 valence electrons. The molecule has 4 nitrogen and oxygen atoms in total. The number of nitrogens with zero attached hydrogens (tertiary/aromatic N) is 1. The average molecular weight is 203 g/mol. The molecule has 1 heterocycles. The van der Waals surface area contributed by atoms with Crippen molar-refractivity contribution in [2.45, 2.75) is 6.04 Å². The van der Waals surface area contributed by atoms with Crippen molar-refractivity contribution in [2.24, 2.45) is 12.8 Å². The third-order valence-corrected chi connectivity index (χ3v) is 2.42. The van der Waals surface area contributed by atoms with Crippen LogP contribution in [0.2, 0.25) is 0 Å². The summed E-state index contributed by atoms with van der Waals surface area (Å²) in [5.74, 6) is 0. The topological polar surface area (TPSA) is 63.8 Å². The predicted octanol–water partition coefficient (Wildman–Crippen LogP) is 0.761. The molecule has 0 aliphatic carbocycles. The van der Waals surface area contributed by atoms with Crippen LogP contribution >= 0.6 is 0 Å². The summed E-state index contributed by atoms with van der Waals surface area (Å²) >= 11 is 0. The molecule has 1 aromatic carbocycles. The number of nitrogens with two attached hydrogens (primary N) is 1. The highest BCUT2D eigenvalue weighted by Crippen LogP contribution is 2.16. The summed E-state index contributed by atoms with van der Waals surface area (Å²) in [5, 5.41) is 2.64. The highest BCUT2D eigenvalue weighted by atomic mass is 16.1. The van der Waals surface area contributed by atoms with E-state index >= 15 is 0 Å². The summed E-state index contributed by atoms with van der Waals surface area (Å²) in [7, 11) is 1.78. The molecule has 0 saturated carbocycles. The number of hydrogen-bond donors (Lipinski definition) is 2. The number of rotatable bonds is 2. The molecule has 2 aromatic rings. The number of aromatic nitrogens is 2. The Bertz CT molecular complexity index is 498. The van der Waals surface area contributed by atoms with E-state index in [0.717, 1.165) is 11.3 Å². The predicted molar refractivity (Wildman–Crippen MR) is 58.5 cm³/mol. The zero-order valence-electron chi connectivity index (χ0n) is 8.47. The Balaban J connectivity index is 2.41. The first kappa shape index (κ1) is 9.73. The lowest BCUT2D eigenvalue weighted by Gasteiger charge is -2.12. The van der Waals surface area contributed by atoms with Gasteiger partial charge in [0.1, 0.15) is 0 Å². The van der Waals surface area contributed by atoms with Crippen molar-refractivity contribution in [3.05, 3.63) is 58.0 Å². The van der Waals surface area contributed by atoms with Gasteiger partial charge in [-0.15, -0.1) is 0 Å². The van der Waals surface area contributed by atoms with Crippen molar-refractivity contribution in [3.63, 3.8) is 0 Å². The van der Waals surface area contributed by atoms with Crippen LogP contribution < -0.4 is 11.3 Å². The van der Waals surface area contributed by atoms with Crippen molar-refractivity contribution < 1.29 is 0 Å². The summed E-state index contributed by atoms with van der Waals surface area (Å²) in [4.78, 5) is 11.1. The minimum atomic E-state index is -0.268. The Morgan fingerprint density at radius 3 is 2.53 bits per heavy atom. The first-order chi connectivity index (χ1) is 7.18. The van der Waals surface area contributed by atoms with Crippen molar-refractivity contribution in [1.29, 1.82) is 0 Å². The van der Waals surface area contributed by atoms with Gasteiger partial charge in [0.15, 0.2) is 0 Å². The smallest absolute Gasteiger partial charge is 0.264 e. The average Bonchev–Trinajstić information content (AvgIpc) is 2.58. The van der Waals surface area contributed by atoms with Crippen LogP contribution in [-0.4, -0.2) is 9.78 Å². The number of aromatic amines is 1. The first-order valence-corrected chi connectivity index (χ1v) is 4.75. The molecular weight excluding hydrogens is 190 g/mol. The summed E-state index contributed by atoms with van der Waals surface area (Å²) < 4.78 is 1.65. The second-order valence-electron chi connectivity index (χ2n) is 3.49. The maximum absolute atomic E-state index is 11.1. The second kappa shape index (κ2) is 3.74. The molecule has 3 N–H and O–H groups in total. The largest absolute Gasteiger partial charge is 0.319 e. The van der Waals surface area contributed by atoms with Crippen molar-refractivity contribution in [3.8, 4) is 0 Å². The van der Waals surface area contributed by atoms with Gasteiger partial charge >= 0.3 is 0 Å². The van der Waals surface area contributed by atoms with Crippen molar-refractivity contribution in [1.82, 2.24) is 9.78 Å². The van der Waals surface area contributed by atoms with Crippen molar-refractivity contribution >= 4 is 0 Å². The van der Waals surface area contributed by atoms with Crippen LogP contribution in [-0.2, 0) is 7.05 Å². The minimum Gasteiger partial charge on any atom is -0.319 e. The standard InChI is InChI=1S/C11H13N3O/c1-14-9(7-10(15)13-14)11(12)8-5-3-2-4-6-8/h2-7,11H,12H2,1H3,(H,13,15). The molecule has 0 radical (unpaired) electrons. The Morgan fingerprint density at radius 2 is 2.00 bits per heavy atom. The van der Waals surface area contributed by atoms with Gasteiger partial charge in [0.25, 0.3) is 5.56 Å². The molecule has 15 heavy (non-hydrogen) atoms. The van der Waals surface area contributed by atoms with Crippen LogP contribution in [0.5, 0.6) is 0 Å². The summed E-state index contributed by atoms with van der Waals surface area (Å²) in [6.45, 7) is 0. The second-order valence-corrected chi connectivity index (χ2v) is 3.49. The highest BCUT2D eigenvalue weighted by Gasteiger charge is 2.12. The maximum atomic E-state index is 11.1. The van der Waals surface area contributed by atoms with Gasteiger partial charge in [-0.05, 0) is 5.56 Å². The summed E-state index contributed by atoms with van der Waals surface area (Å²) in [6, 6.07) is 10.9. The minimum absolute atomic E-state index is 0.126. The van der Waals surface area contributed by atoms with E-state index in [4.69, 9.17) is 5.73 Å². The molecule has 0 spiro atoms. The van der Waals surface area contributed by atoms with Gasteiger partial charge in [-0.1, -0.05) is 30.3 Å². The summed E-state index contributed by atoms with van der Waals surface area (Å²) in [5.41, 5.74) is 7.70. The number of hydrogen-bond acceptors (Lipinski definition) is 2. The van der Waals surface area contributed by atoms with E-state index in [9.17, 15) is 4.79 Å². The van der Waals surface area contributed by atoms with Crippen LogP contribution in [0.1, 0.15) is 17.3 Å². The van der Waals surface area contributed by atoms with Crippen LogP contribution in [0.15, 0.2) is 41.2 Å². The molecule has 1 unspecified atom stereocenters. The van der Waals surface area contributed by atoms with Crippen LogP contribution in [0.25, 0.3) is 0 Å². The fourth-order valence-corrected chi connectivity index (χ4v) is 1.62. The fourth-order valence-electron chi connectivity index (χ4n) is 1.62. The molecular formula is C11H13N3O.